The van der Waals surface area contributed by atoms with Gasteiger partial charge in [0.05, 0.1) is 25.8 Å². The molecule has 31 heavy (non-hydrogen) atoms. The van der Waals surface area contributed by atoms with Gasteiger partial charge in [-0.05, 0) is 48.4 Å². The minimum atomic E-state index is 0.151. The van der Waals surface area contributed by atoms with Crippen LogP contribution in [0.3, 0.4) is 0 Å². The Morgan fingerprint density at radius 1 is 1.19 bits per heavy atom. The molecular formula is C24H26ClN3O3. The summed E-state index contributed by atoms with van der Waals surface area (Å²) in [6.07, 6.45) is 2.06. The Balaban J connectivity index is 1.26. The Morgan fingerprint density at radius 3 is 2.81 bits per heavy atom. The number of carbonyl (C=O) groups is 1. The lowest BCUT2D eigenvalue weighted by molar-refractivity contribution is -0.129. The number of ether oxygens (including phenoxy) is 2. The van der Waals surface area contributed by atoms with Gasteiger partial charge in [-0.2, -0.15) is 5.10 Å². The number of aromatic amines is 1. The summed E-state index contributed by atoms with van der Waals surface area (Å²) in [5.41, 5.74) is 3.04. The van der Waals surface area contributed by atoms with E-state index in [0.717, 1.165) is 47.8 Å². The zero-order valence-corrected chi connectivity index (χ0v) is 18.3. The van der Waals surface area contributed by atoms with Crippen LogP contribution >= 0.6 is 11.6 Å². The van der Waals surface area contributed by atoms with Gasteiger partial charge >= 0.3 is 0 Å². The largest absolute Gasteiger partial charge is 0.497 e. The molecule has 1 N–H and O–H groups in total. The van der Waals surface area contributed by atoms with E-state index in [0.29, 0.717) is 24.6 Å². The van der Waals surface area contributed by atoms with Gasteiger partial charge in [-0.1, -0.05) is 29.8 Å². The van der Waals surface area contributed by atoms with Gasteiger partial charge in [-0.3, -0.25) is 9.89 Å². The summed E-state index contributed by atoms with van der Waals surface area (Å²) in [5.74, 6) is 1.97. The number of methoxy groups -OCH3 is 1. The fraction of sp³-hybridized carbons (Fsp3) is 0.333. The number of amides is 1. The number of nitrogens with one attached hydrogen (secondary N) is 1. The van der Waals surface area contributed by atoms with Crippen LogP contribution in [0.15, 0.2) is 54.6 Å². The topological polar surface area (TPSA) is 67.4 Å². The molecule has 1 aliphatic rings. The molecule has 0 spiro atoms. The van der Waals surface area contributed by atoms with Crippen molar-refractivity contribution in [3.8, 4) is 11.5 Å². The van der Waals surface area contributed by atoms with E-state index >= 15 is 0 Å². The zero-order chi connectivity index (χ0) is 21.6. The van der Waals surface area contributed by atoms with Crippen molar-refractivity contribution in [1.82, 2.24) is 15.1 Å². The van der Waals surface area contributed by atoms with Gasteiger partial charge in [-0.15, -0.1) is 0 Å². The quantitative estimate of drug-likeness (QED) is 0.569. The lowest BCUT2D eigenvalue weighted by atomic mass is 10.0. The van der Waals surface area contributed by atoms with E-state index in [4.69, 9.17) is 21.1 Å². The highest BCUT2D eigenvalue weighted by molar-refractivity contribution is 6.30. The Morgan fingerprint density at radius 2 is 2.03 bits per heavy atom. The number of likely N-dealkylation sites (tertiary alicyclic amines) is 1. The molecule has 1 unspecified atom stereocenters. The van der Waals surface area contributed by atoms with E-state index in [2.05, 4.69) is 16.3 Å². The first-order valence-electron chi connectivity index (χ1n) is 10.4. The molecule has 1 atom stereocenters. The first-order chi connectivity index (χ1) is 15.1. The summed E-state index contributed by atoms with van der Waals surface area (Å²) in [7, 11) is 1.64. The molecule has 4 rings (SSSR count). The van der Waals surface area contributed by atoms with Gasteiger partial charge in [0, 0.05) is 36.1 Å². The molecule has 2 aromatic carbocycles. The second kappa shape index (κ2) is 9.88. The third-order valence-corrected chi connectivity index (χ3v) is 5.80. The Hall–Kier alpha value is -2.99. The molecule has 3 aromatic rings. The molecule has 1 aliphatic heterocycles. The number of carbonyl (C=O) groups excluding carboxylic acids is 1. The smallest absolute Gasteiger partial charge is 0.227 e. The van der Waals surface area contributed by atoms with E-state index in [9.17, 15) is 4.79 Å². The lowest BCUT2D eigenvalue weighted by Gasteiger charge is -2.16. The highest BCUT2D eigenvalue weighted by atomic mass is 35.5. The summed E-state index contributed by atoms with van der Waals surface area (Å²) in [6, 6.07) is 17.1. The third kappa shape index (κ3) is 5.58. The number of halogens is 1. The second-order valence-corrected chi connectivity index (χ2v) is 8.16. The predicted octanol–water partition coefficient (Wildman–Crippen LogP) is 4.25. The molecule has 0 radical (unpaired) electrons. The van der Waals surface area contributed by atoms with Gasteiger partial charge in [-0.25, -0.2) is 0 Å². The average molecular weight is 440 g/mol. The van der Waals surface area contributed by atoms with Crippen LogP contribution in [-0.2, 0) is 17.6 Å². The molecule has 2 heterocycles. The SMILES string of the molecule is COc1ccc(CC(=O)N2CCC(c3cc(CCOc4cccc(Cl)c4)[nH]n3)C2)cc1. The predicted molar refractivity (Wildman–Crippen MR) is 120 cm³/mol. The highest BCUT2D eigenvalue weighted by Crippen LogP contribution is 2.27. The number of aromatic nitrogens is 2. The number of nitrogens with zero attached hydrogens (tertiary/aromatic N) is 2. The van der Waals surface area contributed by atoms with Crippen molar-refractivity contribution in [2.45, 2.75) is 25.2 Å². The van der Waals surface area contributed by atoms with Crippen LogP contribution in [-0.4, -0.2) is 47.8 Å². The van der Waals surface area contributed by atoms with Crippen LogP contribution in [0, 0.1) is 0 Å². The number of hydrogen-bond acceptors (Lipinski definition) is 4. The molecule has 7 heteroatoms. The fourth-order valence-electron chi connectivity index (χ4n) is 3.81. The van der Waals surface area contributed by atoms with Gasteiger partial charge < -0.3 is 14.4 Å². The third-order valence-electron chi connectivity index (χ3n) is 5.56. The zero-order valence-electron chi connectivity index (χ0n) is 17.5. The lowest BCUT2D eigenvalue weighted by Crippen LogP contribution is -2.29. The summed E-state index contributed by atoms with van der Waals surface area (Å²) in [4.78, 5) is 14.6. The van der Waals surface area contributed by atoms with Gasteiger partial charge in [0.15, 0.2) is 0 Å². The number of hydrogen-bond donors (Lipinski definition) is 1. The van der Waals surface area contributed by atoms with Crippen LogP contribution < -0.4 is 9.47 Å². The molecule has 0 bridgehead atoms. The van der Waals surface area contributed by atoms with Crippen LogP contribution in [0.5, 0.6) is 11.5 Å². The van der Waals surface area contributed by atoms with Crippen LogP contribution in [0.1, 0.15) is 29.3 Å². The van der Waals surface area contributed by atoms with Gasteiger partial charge in [0.25, 0.3) is 0 Å². The maximum absolute atomic E-state index is 12.7. The summed E-state index contributed by atoms with van der Waals surface area (Å²) in [5, 5.41) is 8.25. The van der Waals surface area contributed by atoms with E-state index < -0.39 is 0 Å². The van der Waals surface area contributed by atoms with E-state index in [1.807, 2.05) is 47.4 Å². The van der Waals surface area contributed by atoms with Crippen LogP contribution in [0.2, 0.25) is 5.02 Å². The highest BCUT2D eigenvalue weighted by Gasteiger charge is 2.28. The van der Waals surface area contributed by atoms with E-state index in [1.165, 1.54) is 0 Å². The van der Waals surface area contributed by atoms with E-state index in [1.54, 1.807) is 13.2 Å². The Labute approximate surface area is 187 Å². The molecule has 162 valence electrons. The fourth-order valence-corrected chi connectivity index (χ4v) is 3.99. The van der Waals surface area contributed by atoms with Crippen molar-refractivity contribution in [3.63, 3.8) is 0 Å². The van der Waals surface area contributed by atoms with Crippen molar-refractivity contribution < 1.29 is 14.3 Å². The normalized spacial score (nSPS) is 15.8. The van der Waals surface area contributed by atoms with Gasteiger partial charge in [0.1, 0.15) is 11.5 Å². The molecule has 6 nitrogen and oxygen atoms in total. The molecule has 1 amide bonds. The summed E-state index contributed by atoms with van der Waals surface area (Å²) >= 11 is 5.98. The number of rotatable bonds is 8. The minimum Gasteiger partial charge on any atom is -0.497 e. The van der Waals surface area contributed by atoms with Gasteiger partial charge in [0.2, 0.25) is 5.91 Å². The van der Waals surface area contributed by atoms with Crippen LogP contribution in [0.25, 0.3) is 0 Å². The summed E-state index contributed by atoms with van der Waals surface area (Å²) in [6.45, 7) is 2.01. The maximum Gasteiger partial charge on any atom is 0.227 e. The maximum atomic E-state index is 12.7. The van der Waals surface area contributed by atoms with Crippen molar-refractivity contribution in [2.75, 3.05) is 26.8 Å². The van der Waals surface area contributed by atoms with Crippen molar-refractivity contribution in [3.05, 3.63) is 76.6 Å². The molecule has 0 aliphatic carbocycles. The minimum absolute atomic E-state index is 0.151. The number of benzene rings is 2. The standard InChI is InChI=1S/C24H26ClN3O3/c1-30-21-7-5-17(6-8-21)13-24(29)28-11-9-18(16-28)23-15-20(26-27-23)10-12-31-22-4-2-3-19(25)14-22/h2-8,14-15,18H,9-13,16H2,1H3,(H,26,27). The van der Waals surface area contributed by atoms with Crippen molar-refractivity contribution in [1.29, 1.82) is 0 Å². The molecule has 1 saturated heterocycles. The molecule has 0 saturated carbocycles. The molecule has 1 aromatic heterocycles. The monoisotopic (exact) mass is 439 g/mol. The molecular weight excluding hydrogens is 414 g/mol. The number of H-pyrrole nitrogens is 1. The Kier molecular flexibility index (Phi) is 6.77. The first kappa shape index (κ1) is 21.2. The summed E-state index contributed by atoms with van der Waals surface area (Å²) < 4.78 is 10.9. The van der Waals surface area contributed by atoms with E-state index in [-0.39, 0.29) is 11.8 Å². The first-order valence-corrected chi connectivity index (χ1v) is 10.8. The molecule has 1 fully saturated rings. The van der Waals surface area contributed by atoms with Crippen molar-refractivity contribution >= 4 is 17.5 Å². The van der Waals surface area contributed by atoms with Crippen molar-refractivity contribution in [2.24, 2.45) is 0 Å². The average Bonchev–Trinajstić information content (AvgIpc) is 3.44. The van der Waals surface area contributed by atoms with Crippen LogP contribution in [0.4, 0.5) is 0 Å². The second-order valence-electron chi connectivity index (χ2n) is 7.72. The Bertz CT molecular complexity index is 1020.